The van der Waals surface area contributed by atoms with Crippen molar-refractivity contribution in [3.63, 3.8) is 0 Å². The van der Waals surface area contributed by atoms with Crippen molar-refractivity contribution in [1.29, 1.82) is 0 Å². The third-order valence-corrected chi connectivity index (χ3v) is 9.32. The van der Waals surface area contributed by atoms with Gasteiger partial charge >= 0.3 is 147 Å². The number of ether oxygens (including phenoxy) is 1. The summed E-state index contributed by atoms with van der Waals surface area (Å²) in [6, 6.07) is 28.5. The van der Waals surface area contributed by atoms with Crippen LogP contribution in [0.2, 0.25) is 0 Å². The van der Waals surface area contributed by atoms with E-state index in [0.29, 0.717) is 0 Å². The van der Waals surface area contributed by atoms with E-state index in [2.05, 4.69) is 0 Å². The van der Waals surface area contributed by atoms with Gasteiger partial charge in [0.1, 0.15) is 0 Å². The summed E-state index contributed by atoms with van der Waals surface area (Å²) < 4.78 is 5.44. The van der Waals surface area contributed by atoms with Gasteiger partial charge < -0.3 is 0 Å². The molecule has 0 unspecified atom stereocenters. The van der Waals surface area contributed by atoms with Gasteiger partial charge in [-0.25, -0.2) is 0 Å². The molecule has 1 N–H and O–H groups in total. The minimum absolute atomic E-state index is 0.0844. The van der Waals surface area contributed by atoms with Gasteiger partial charge in [0.25, 0.3) is 0 Å². The standard InChI is InChI=1S/C21H21O3P/c1-18(22)24-17-25(23,19-11-5-2-6-12-19,20-13-7-3-8-14-20)21-15-9-4-10-16-21/h2-16,23H,17H2,1H3. The van der Waals surface area contributed by atoms with Crippen molar-refractivity contribution >= 4 is 28.7 Å². The molecule has 0 aliphatic rings. The fraction of sp³-hybridized carbons (Fsp3) is 0.0952. The van der Waals surface area contributed by atoms with Gasteiger partial charge in [0.15, 0.2) is 0 Å². The first kappa shape index (κ1) is 17.3. The summed E-state index contributed by atoms with van der Waals surface area (Å²) in [5.41, 5.74) is 0. The summed E-state index contributed by atoms with van der Waals surface area (Å²) in [6.07, 6.45) is -0.0844. The average Bonchev–Trinajstić information content (AvgIpc) is 2.68. The van der Waals surface area contributed by atoms with Gasteiger partial charge in [-0.15, -0.1) is 0 Å². The molecule has 3 nitrogen and oxygen atoms in total. The molecule has 0 fully saturated rings. The molecule has 128 valence electrons. The van der Waals surface area contributed by atoms with Crippen LogP contribution < -0.4 is 15.9 Å². The van der Waals surface area contributed by atoms with Gasteiger partial charge in [-0.05, 0) is 0 Å². The van der Waals surface area contributed by atoms with Crippen LogP contribution in [0.25, 0.3) is 0 Å². The number of benzene rings is 3. The van der Waals surface area contributed by atoms with E-state index < -0.39 is 12.8 Å². The van der Waals surface area contributed by atoms with Crippen molar-refractivity contribution in [3.05, 3.63) is 91.0 Å². The van der Waals surface area contributed by atoms with E-state index in [9.17, 15) is 9.69 Å². The zero-order chi connectivity index (χ0) is 17.8. The summed E-state index contributed by atoms with van der Waals surface area (Å²) in [4.78, 5) is 24.1. The van der Waals surface area contributed by atoms with E-state index in [1.54, 1.807) is 0 Å². The van der Waals surface area contributed by atoms with Crippen molar-refractivity contribution in [1.82, 2.24) is 0 Å². The summed E-state index contributed by atoms with van der Waals surface area (Å²) in [5.74, 6) is -0.411. The SMILES string of the molecule is CC(=O)OCP(O)(c1ccccc1)(c1ccccc1)c1ccccc1. The summed E-state index contributed by atoms with van der Waals surface area (Å²) in [7, 11) is 0. The normalized spacial score (nSPS) is 12.8. The second kappa shape index (κ2) is 6.79. The molecule has 0 saturated carbocycles. The van der Waals surface area contributed by atoms with Crippen LogP contribution in [-0.2, 0) is 9.53 Å². The van der Waals surface area contributed by atoms with Crippen LogP contribution in [0, 0.1) is 0 Å². The zero-order valence-corrected chi connectivity index (χ0v) is 15.0. The average molecular weight is 352 g/mol. The third-order valence-electron chi connectivity index (χ3n) is 4.46. The predicted octanol–water partition coefficient (Wildman–Crippen LogP) is 2.94. The quantitative estimate of drug-likeness (QED) is 0.567. The molecule has 0 saturated heterocycles. The van der Waals surface area contributed by atoms with Gasteiger partial charge in [-0.1, -0.05) is 0 Å². The van der Waals surface area contributed by atoms with Crippen LogP contribution in [0.15, 0.2) is 91.0 Å². The second-order valence-corrected chi connectivity index (χ2v) is 10.3. The summed E-state index contributed by atoms with van der Waals surface area (Å²) in [6.45, 7) is -2.58. The molecule has 0 heterocycles. The Balaban J connectivity index is 2.38. The van der Waals surface area contributed by atoms with Crippen LogP contribution in [0.3, 0.4) is 0 Å². The number of hydrogen-bond acceptors (Lipinski definition) is 3. The maximum atomic E-state index is 12.5. The van der Waals surface area contributed by atoms with E-state index >= 15 is 0 Å². The first-order valence-electron chi connectivity index (χ1n) is 8.12. The Morgan fingerprint density at radius 3 is 1.36 bits per heavy atom. The van der Waals surface area contributed by atoms with Gasteiger partial charge in [0.05, 0.1) is 0 Å². The fourth-order valence-corrected chi connectivity index (χ4v) is 7.35. The number of esters is 1. The molecule has 0 aliphatic carbocycles. The van der Waals surface area contributed by atoms with Crippen LogP contribution in [0.1, 0.15) is 6.92 Å². The topological polar surface area (TPSA) is 46.5 Å². The Labute approximate surface area is 147 Å². The third kappa shape index (κ3) is 2.97. The van der Waals surface area contributed by atoms with Crippen molar-refractivity contribution < 1.29 is 14.4 Å². The van der Waals surface area contributed by atoms with Gasteiger partial charge in [0, 0.05) is 0 Å². The van der Waals surface area contributed by atoms with E-state index in [0.717, 1.165) is 15.9 Å². The monoisotopic (exact) mass is 352 g/mol. The molecule has 3 aromatic rings. The van der Waals surface area contributed by atoms with E-state index in [4.69, 9.17) is 4.74 Å². The molecule has 0 radical (unpaired) electrons. The van der Waals surface area contributed by atoms with Crippen LogP contribution in [0.5, 0.6) is 0 Å². The Hall–Kier alpha value is -2.48. The van der Waals surface area contributed by atoms with E-state index in [-0.39, 0.29) is 6.35 Å². The Kier molecular flexibility index (Phi) is 4.71. The van der Waals surface area contributed by atoms with Gasteiger partial charge in [-0.3, -0.25) is 0 Å². The van der Waals surface area contributed by atoms with Crippen LogP contribution >= 0.6 is 6.83 Å². The molecule has 0 atom stereocenters. The molecular formula is C21H21O3P. The van der Waals surface area contributed by atoms with Crippen molar-refractivity contribution in [2.24, 2.45) is 0 Å². The molecule has 3 rings (SSSR count). The van der Waals surface area contributed by atoms with Crippen LogP contribution in [-0.4, -0.2) is 17.2 Å². The zero-order valence-electron chi connectivity index (χ0n) is 14.1. The molecule has 0 aliphatic heterocycles. The van der Waals surface area contributed by atoms with Crippen molar-refractivity contribution in [3.8, 4) is 0 Å². The molecule has 0 bridgehead atoms. The first-order valence-corrected chi connectivity index (χ1v) is 10.5. The Bertz CT molecular complexity index is 749. The number of hydrogen-bond donors (Lipinski definition) is 1. The first-order chi connectivity index (χ1) is 12.1. The molecule has 0 spiro atoms. The summed E-state index contributed by atoms with van der Waals surface area (Å²) in [5, 5.41) is 2.31. The molecule has 0 aromatic heterocycles. The van der Waals surface area contributed by atoms with Crippen LogP contribution in [0.4, 0.5) is 0 Å². The van der Waals surface area contributed by atoms with Crippen molar-refractivity contribution in [2.75, 3.05) is 6.35 Å². The molecule has 25 heavy (non-hydrogen) atoms. The fourth-order valence-electron chi connectivity index (χ4n) is 3.13. The molecule has 4 heteroatoms. The maximum absolute atomic E-state index is 12.5. The second-order valence-electron chi connectivity index (χ2n) is 6.02. The predicted molar refractivity (Wildman–Crippen MR) is 104 cm³/mol. The number of carbonyl (C=O) groups excluding carboxylic acids is 1. The van der Waals surface area contributed by atoms with E-state index in [1.807, 2.05) is 91.0 Å². The molecular weight excluding hydrogens is 331 g/mol. The number of carbonyl (C=O) groups is 1. The summed E-state index contributed by atoms with van der Waals surface area (Å²) >= 11 is 0. The molecule has 3 aromatic carbocycles. The Morgan fingerprint density at radius 2 is 1.08 bits per heavy atom. The molecule has 0 amide bonds. The Morgan fingerprint density at radius 1 is 0.760 bits per heavy atom. The van der Waals surface area contributed by atoms with Gasteiger partial charge in [-0.2, -0.15) is 0 Å². The minimum atomic E-state index is -3.94. The van der Waals surface area contributed by atoms with Gasteiger partial charge in [0.2, 0.25) is 0 Å². The number of rotatable bonds is 5. The van der Waals surface area contributed by atoms with Crippen molar-refractivity contribution in [2.45, 2.75) is 6.92 Å². The van der Waals surface area contributed by atoms with E-state index in [1.165, 1.54) is 6.92 Å².